The lowest BCUT2D eigenvalue weighted by atomic mass is 10.2. The number of carbonyl (C=O) groups excluding carboxylic acids is 2. The van der Waals surface area contributed by atoms with E-state index in [-0.39, 0.29) is 5.97 Å². The van der Waals surface area contributed by atoms with Gasteiger partial charge < -0.3 is 9.47 Å². The molecule has 0 bridgehead atoms. The van der Waals surface area contributed by atoms with E-state index < -0.39 is 5.79 Å². The Hall–Kier alpha value is -1.06. The molecule has 4 heteroatoms. The Balaban J connectivity index is 2.53. The van der Waals surface area contributed by atoms with Crippen LogP contribution >= 0.6 is 0 Å². The molecule has 0 spiro atoms. The van der Waals surface area contributed by atoms with Gasteiger partial charge in [-0.15, -0.1) is 0 Å². The predicted octanol–water partition coefficient (Wildman–Crippen LogP) is 0.213. The van der Waals surface area contributed by atoms with E-state index in [1.165, 1.54) is 0 Å². The van der Waals surface area contributed by atoms with Crippen molar-refractivity contribution in [2.45, 2.75) is 25.6 Å². The Morgan fingerprint density at radius 3 is 2.90 bits per heavy atom. The SMILES string of the molecule is CC1(OC=O)CCC(=O)O1. The van der Waals surface area contributed by atoms with Crippen molar-refractivity contribution < 1.29 is 19.1 Å². The molecule has 0 aromatic heterocycles. The highest BCUT2D eigenvalue weighted by Gasteiger charge is 2.37. The first kappa shape index (κ1) is 7.05. The molecule has 0 aromatic carbocycles. The molecule has 4 nitrogen and oxygen atoms in total. The molecule has 0 aliphatic carbocycles. The normalized spacial score (nSPS) is 31.5. The van der Waals surface area contributed by atoms with Gasteiger partial charge in [0.2, 0.25) is 0 Å². The average Bonchev–Trinajstić information content (AvgIpc) is 2.12. The number of ether oxygens (including phenoxy) is 2. The van der Waals surface area contributed by atoms with E-state index in [1.807, 2.05) is 0 Å². The molecule has 1 aliphatic rings. The van der Waals surface area contributed by atoms with Crippen LogP contribution in [0.25, 0.3) is 0 Å². The fraction of sp³-hybridized carbons (Fsp3) is 0.667. The molecule has 1 unspecified atom stereocenters. The van der Waals surface area contributed by atoms with Crippen molar-refractivity contribution in [1.29, 1.82) is 0 Å². The largest absolute Gasteiger partial charge is 0.425 e. The summed E-state index contributed by atoms with van der Waals surface area (Å²) in [4.78, 5) is 20.4. The van der Waals surface area contributed by atoms with Gasteiger partial charge >= 0.3 is 5.97 Å². The molecule has 56 valence electrons. The molecule has 1 heterocycles. The van der Waals surface area contributed by atoms with Crippen LogP contribution < -0.4 is 0 Å². The smallest absolute Gasteiger partial charge is 0.309 e. The summed E-state index contributed by atoms with van der Waals surface area (Å²) < 4.78 is 9.23. The molecule has 0 radical (unpaired) electrons. The molecular weight excluding hydrogens is 136 g/mol. The van der Waals surface area contributed by atoms with Crippen molar-refractivity contribution in [3.05, 3.63) is 0 Å². The van der Waals surface area contributed by atoms with Crippen LogP contribution in [-0.2, 0) is 19.1 Å². The molecule has 1 saturated heterocycles. The molecule has 0 saturated carbocycles. The molecular formula is C6H8O4. The lowest BCUT2D eigenvalue weighted by Crippen LogP contribution is -2.27. The Labute approximate surface area is 58.1 Å². The number of hydrogen-bond acceptors (Lipinski definition) is 4. The van der Waals surface area contributed by atoms with E-state index in [0.717, 1.165) is 0 Å². The van der Waals surface area contributed by atoms with Gasteiger partial charge in [0, 0.05) is 13.3 Å². The van der Waals surface area contributed by atoms with E-state index in [2.05, 4.69) is 4.74 Å². The third kappa shape index (κ3) is 1.26. The van der Waals surface area contributed by atoms with Crippen molar-refractivity contribution in [2.75, 3.05) is 0 Å². The van der Waals surface area contributed by atoms with Crippen LogP contribution in [0.3, 0.4) is 0 Å². The maximum absolute atomic E-state index is 10.5. The summed E-state index contributed by atoms with van der Waals surface area (Å²) >= 11 is 0. The molecule has 1 rings (SSSR count). The summed E-state index contributed by atoms with van der Waals surface area (Å²) in [5.74, 6) is -1.32. The zero-order chi connectivity index (χ0) is 7.61. The van der Waals surface area contributed by atoms with E-state index in [0.29, 0.717) is 19.3 Å². The summed E-state index contributed by atoms with van der Waals surface area (Å²) in [6.45, 7) is 1.85. The van der Waals surface area contributed by atoms with Gasteiger partial charge in [-0.3, -0.25) is 9.59 Å². The first-order valence-electron chi connectivity index (χ1n) is 3.00. The molecule has 0 aromatic rings. The number of esters is 1. The second-order valence-corrected chi connectivity index (χ2v) is 2.32. The molecule has 1 aliphatic heterocycles. The third-order valence-corrected chi connectivity index (χ3v) is 1.41. The molecule has 1 atom stereocenters. The third-order valence-electron chi connectivity index (χ3n) is 1.41. The van der Waals surface area contributed by atoms with Crippen molar-refractivity contribution in [2.24, 2.45) is 0 Å². The van der Waals surface area contributed by atoms with Gasteiger partial charge in [-0.1, -0.05) is 0 Å². The number of carbonyl (C=O) groups is 2. The number of rotatable bonds is 2. The molecule has 1 fully saturated rings. The summed E-state index contributed by atoms with van der Waals surface area (Å²) in [6, 6.07) is 0. The Bertz CT molecular complexity index is 165. The van der Waals surface area contributed by atoms with E-state index in [4.69, 9.17) is 4.74 Å². The lowest BCUT2D eigenvalue weighted by Gasteiger charge is -2.18. The van der Waals surface area contributed by atoms with Gasteiger partial charge in [0.25, 0.3) is 12.3 Å². The highest BCUT2D eigenvalue weighted by molar-refractivity contribution is 5.72. The fourth-order valence-electron chi connectivity index (χ4n) is 0.857. The predicted molar refractivity (Wildman–Crippen MR) is 30.9 cm³/mol. The first-order chi connectivity index (χ1) is 4.66. The van der Waals surface area contributed by atoms with E-state index in [9.17, 15) is 9.59 Å². The summed E-state index contributed by atoms with van der Waals surface area (Å²) in [5.41, 5.74) is 0. The van der Waals surface area contributed by atoms with Crippen LogP contribution in [0.2, 0.25) is 0 Å². The minimum absolute atomic E-state index is 0.290. The zero-order valence-corrected chi connectivity index (χ0v) is 5.62. The second kappa shape index (κ2) is 2.28. The van der Waals surface area contributed by atoms with Gasteiger partial charge in [-0.05, 0) is 0 Å². The monoisotopic (exact) mass is 144 g/mol. The standard InChI is InChI=1S/C6H8O4/c1-6(9-4-7)3-2-5(8)10-6/h4H,2-3H2,1H3. The van der Waals surface area contributed by atoms with E-state index >= 15 is 0 Å². The molecule has 0 N–H and O–H groups in total. The summed E-state index contributed by atoms with van der Waals surface area (Å²) in [5, 5.41) is 0. The van der Waals surface area contributed by atoms with Crippen molar-refractivity contribution in [3.8, 4) is 0 Å². The quantitative estimate of drug-likeness (QED) is 0.410. The second-order valence-electron chi connectivity index (χ2n) is 2.32. The van der Waals surface area contributed by atoms with Crippen LogP contribution in [0, 0.1) is 0 Å². The van der Waals surface area contributed by atoms with Crippen LogP contribution in [0.15, 0.2) is 0 Å². The van der Waals surface area contributed by atoms with Crippen LogP contribution in [0.4, 0.5) is 0 Å². The maximum Gasteiger partial charge on any atom is 0.309 e. The molecule has 10 heavy (non-hydrogen) atoms. The zero-order valence-electron chi connectivity index (χ0n) is 5.62. The van der Waals surface area contributed by atoms with Crippen molar-refractivity contribution in [1.82, 2.24) is 0 Å². The summed E-state index contributed by atoms with van der Waals surface area (Å²) in [7, 11) is 0. The van der Waals surface area contributed by atoms with Crippen molar-refractivity contribution >= 4 is 12.4 Å². The minimum Gasteiger partial charge on any atom is -0.425 e. The van der Waals surface area contributed by atoms with Gasteiger partial charge in [0.1, 0.15) is 0 Å². The minimum atomic E-state index is -1.00. The molecule has 0 amide bonds. The summed E-state index contributed by atoms with van der Waals surface area (Å²) in [6.07, 6.45) is 0.773. The van der Waals surface area contributed by atoms with Crippen LogP contribution in [0.1, 0.15) is 19.8 Å². The average molecular weight is 144 g/mol. The topological polar surface area (TPSA) is 52.6 Å². The Kier molecular flexibility index (Phi) is 1.61. The van der Waals surface area contributed by atoms with Gasteiger partial charge in [-0.2, -0.15) is 0 Å². The highest BCUT2D eigenvalue weighted by atomic mass is 16.7. The lowest BCUT2D eigenvalue weighted by molar-refractivity contribution is -0.197. The van der Waals surface area contributed by atoms with Crippen molar-refractivity contribution in [3.63, 3.8) is 0 Å². The highest BCUT2D eigenvalue weighted by Crippen LogP contribution is 2.26. The van der Waals surface area contributed by atoms with Crippen LogP contribution in [0.5, 0.6) is 0 Å². The maximum atomic E-state index is 10.5. The fourth-order valence-corrected chi connectivity index (χ4v) is 0.857. The Morgan fingerprint density at radius 2 is 2.50 bits per heavy atom. The van der Waals surface area contributed by atoms with Crippen LogP contribution in [-0.4, -0.2) is 18.2 Å². The number of hydrogen-bond donors (Lipinski definition) is 0. The van der Waals surface area contributed by atoms with Gasteiger partial charge in [0.15, 0.2) is 0 Å². The Morgan fingerprint density at radius 1 is 1.80 bits per heavy atom. The van der Waals surface area contributed by atoms with Gasteiger partial charge in [0.05, 0.1) is 6.42 Å². The van der Waals surface area contributed by atoms with E-state index in [1.54, 1.807) is 6.92 Å². The first-order valence-corrected chi connectivity index (χ1v) is 3.00. The number of cyclic esters (lactones) is 1. The van der Waals surface area contributed by atoms with Gasteiger partial charge in [-0.25, -0.2) is 0 Å².